The molecule has 1 N–H and O–H groups in total. The molecule has 0 aliphatic carbocycles. The normalized spacial score (nSPS) is 13.9. The van der Waals surface area contributed by atoms with E-state index in [9.17, 15) is 19.2 Å². The first-order valence-electron chi connectivity index (χ1n) is 11.7. The number of thioether (sulfide) groups is 1. The van der Waals surface area contributed by atoms with Crippen LogP contribution in [-0.4, -0.2) is 48.2 Å². The third kappa shape index (κ3) is 6.87. The second-order valence-electron chi connectivity index (χ2n) is 8.06. The lowest BCUT2D eigenvalue weighted by molar-refractivity contribution is -0.127. The summed E-state index contributed by atoms with van der Waals surface area (Å²) in [7, 11) is 1.53. The molecule has 11 heteroatoms. The van der Waals surface area contributed by atoms with E-state index in [1.807, 2.05) is 6.07 Å². The van der Waals surface area contributed by atoms with Crippen molar-refractivity contribution < 1.29 is 33.4 Å². The average molecular weight is 611 g/mol. The summed E-state index contributed by atoms with van der Waals surface area (Å²) in [6.07, 6.45) is 1.52. The van der Waals surface area contributed by atoms with Gasteiger partial charge in [0.25, 0.3) is 11.1 Å². The number of hydrogen-bond donors (Lipinski definition) is 1. The highest BCUT2D eigenvalue weighted by molar-refractivity contribution is 9.10. The topological polar surface area (TPSA) is 111 Å². The van der Waals surface area contributed by atoms with E-state index in [1.54, 1.807) is 67.6 Å². The predicted octanol–water partition coefficient (Wildman–Crippen LogP) is 5.75. The standard InChI is InChI=1S/C28H23BrN2O7S/c1-3-37-22-14-17(13-21(29)25(22)38-27(34)18-9-11-20(36-2)12-10-18)15-23-26(33)31(28(35)39-23)16-24(32)30-19-7-5-4-6-8-19/h4-15H,3,16H2,1-2H3,(H,30,32)/b23-15-. The monoisotopic (exact) mass is 610 g/mol. The molecule has 1 saturated heterocycles. The van der Waals surface area contributed by atoms with Crippen LogP contribution < -0.4 is 19.5 Å². The van der Waals surface area contributed by atoms with Crippen LogP contribution >= 0.6 is 27.7 Å². The molecule has 1 aliphatic rings. The van der Waals surface area contributed by atoms with E-state index < -0.39 is 29.6 Å². The van der Waals surface area contributed by atoms with E-state index in [4.69, 9.17) is 14.2 Å². The summed E-state index contributed by atoms with van der Waals surface area (Å²) in [5.41, 5.74) is 1.40. The number of halogens is 1. The number of methoxy groups -OCH3 is 1. The van der Waals surface area contributed by atoms with Gasteiger partial charge in [0.2, 0.25) is 5.91 Å². The van der Waals surface area contributed by atoms with Gasteiger partial charge in [0, 0.05) is 5.69 Å². The Labute approximate surface area is 237 Å². The van der Waals surface area contributed by atoms with Gasteiger partial charge < -0.3 is 19.5 Å². The average Bonchev–Trinajstić information content (AvgIpc) is 3.18. The molecule has 1 aliphatic heterocycles. The van der Waals surface area contributed by atoms with Crippen LogP contribution in [0.5, 0.6) is 17.2 Å². The van der Waals surface area contributed by atoms with Gasteiger partial charge in [-0.25, -0.2) is 4.79 Å². The Morgan fingerprint density at radius 2 is 1.77 bits per heavy atom. The molecule has 9 nitrogen and oxygen atoms in total. The van der Waals surface area contributed by atoms with Gasteiger partial charge in [0.05, 0.1) is 28.7 Å². The molecule has 3 aromatic rings. The summed E-state index contributed by atoms with van der Waals surface area (Å²) >= 11 is 4.15. The fourth-order valence-electron chi connectivity index (χ4n) is 3.57. The highest BCUT2D eigenvalue weighted by Crippen LogP contribution is 2.39. The molecule has 0 aromatic heterocycles. The number of nitrogens with one attached hydrogen (secondary N) is 1. The molecule has 4 rings (SSSR count). The fourth-order valence-corrected chi connectivity index (χ4v) is 4.94. The molecule has 0 spiro atoms. The number of carbonyl (C=O) groups is 4. The number of rotatable bonds is 9. The van der Waals surface area contributed by atoms with Crippen molar-refractivity contribution >= 4 is 62.5 Å². The van der Waals surface area contributed by atoms with Gasteiger partial charge in [-0.05, 0) is 94.8 Å². The largest absolute Gasteiger partial charge is 0.497 e. The summed E-state index contributed by atoms with van der Waals surface area (Å²) in [6, 6.07) is 18.4. The summed E-state index contributed by atoms with van der Waals surface area (Å²) < 4.78 is 16.8. The Morgan fingerprint density at radius 3 is 2.44 bits per heavy atom. The summed E-state index contributed by atoms with van der Waals surface area (Å²) in [5, 5.41) is 2.11. The SMILES string of the molecule is CCOc1cc(/C=C2\SC(=O)N(CC(=O)Nc3ccccc3)C2=O)cc(Br)c1OC(=O)c1ccc(OC)cc1. The molecule has 1 fully saturated rings. The van der Waals surface area contributed by atoms with Crippen molar-refractivity contribution in [2.45, 2.75) is 6.92 Å². The van der Waals surface area contributed by atoms with E-state index in [1.165, 1.54) is 13.2 Å². The van der Waals surface area contributed by atoms with Crippen molar-refractivity contribution in [1.29, 1.82) is 0 Å². The molecular formula is C28H23BrN2O7S. The van der Waals surface area contributed by atoms with Crippen LogP contribution in [0.1, 0.15) is 22.8 Å². The van der Waals surface area contributed by atoms with Crippen LogP contribution in [0, 0.1) is 0 Å². The van der Waals surface area contributed by atoms with E-state index in [2.05, 4.69) is 21.2 Å². The van der Waals surface area contributed by atoms with Crippen LogP contribution in [-0.2, 0) is 9.59 Å². The summed E-state index contributed by atoms with van der Waals surface area (Å²) in [5.74, 6) is -0.635. The third-order valence-corrected chi connectivity index (χ3v) is 6.88. The Bertz CT molecular complexity index is 1440. The van der Waals surface area contributed by atoms with Crippen molar-refractivity contribution in [3.8, 4) is 17.2 Å². The first-order chi connectivity index (χ1) is 18.8. The number of anilines is 1. The number of hydrogen-bond acceptors (Lipinski definition) is 8. The Morgan fingerprint density at radius 1 is 1.05 bits per heavy atom. The van der Waals surface area contributed by atoms with Crippen LogP contribution in [0.4, 0.5) is 10.5 Å². The van der Waals surface area contributed by atoms with E-state index >= 15 is 0 Å². The smallest absolute Gasteiger partial charge is 0.343 e. The number of nitrogens with zero attached hydrogens (tertiary/aromatic N) is 1. The molecule has 39 heavy (non-hydrogen) atoms. The highest BCUT2D eigenvalue weighted by atomic mass is 79.9. The number of para-hydroxylation sites is 1. The zero-order chi connectivity index (χ0) is 27.9. The van der Waals surface area contributed by atoms with Crippen LogP contribution in [0.2, 0.25) is 0 Å². The number of amides is 3. The first-order valence-corrected chi connectivity index (χ1v) is 13.3. The van der Waals surface area contributed by atoms with Gasteiger partial charge in [-0.2, -0.15) is 0 Å². The maximum absolute atomic E-state index is 12.9. The molecule has 1 heterocycles. The number of ether oxygens (including phenoxy) is 3. The van der Waals surface area contributed by atoms with Gasteiger partial charge >= 0.3 is 5.97 Å². The number of benzene rings is 3. The molecule has 0 unspecified atom stereocenters. The summed E-state index contributed by atoms with van der Waals surface area (Å²) in [6.45, 7) is 1.66. The number of imide groups is 1. The Hall–Kier alpha value is -4.09. The van der Waals surface area contributed by atoms with Crippen molar-refractivity contribution in [3.05, 3.63) is 87.2 Å². The summed E-state index contributed by atoms with van der Waals surface area (Å²) in [4.78, 5) is 51.6. The van der Waals surface area contributed by atoms with Crippen LogP contribution in [0.3, 0.4) is 0 Å². The molecule has 3 amide bonds. The second-order valence-corrected chi connectivity index (χ2v) is 9.91. The van der Waals surface area contributed by atoms with E-state index in [0.717, 1.165) is 16.7 Å². The maximum atomic E-state index is 12.9. The number of carbonyl (C=O) groups excluding carboxylic acids is 4. The van der Waals surface area contributed by atoms with E-state index in [-0.39, 0.29) is 23.0 Å². The van der Waals surface area contributed by atoms with Crippen molar-refractivity contribution in [3.63, 3.8) is 0 Å². The first kappa shape index (κ1) is 27.9. The van der Waals surface area contributed by atoms with Crippen molar-refractivity contribution in [1.82, 2.24) is 4.90 Å². The Balaban J connectivity index is 1.51. The molecular weight excluding hydrogens is 588 g/mol. The lowest BCUT2D eigenvalue weighted by Crippen LogP contribution is -2.36. The maximum Gasteiger partial charge on any atom is 0.343 e. The molecule has 0 bridgehead atoms. The van der Waals surface area contributed by atoms with Gasteiger partial charge in [-0.15, -0.1) is 0 Å². The molecule has 0 radical (unpaired) electrons. The zero-order valence-corrected chi connectivity index (χ0v) is 23.3. The zero-order valence-electron chi connectivity index (χ0n) is 20.9. The van der Waals surface area contributed by atoms with Gasteiger partial charge in [0.15, 0.2) is 11.5 Å². The quantitative estimate of drug-likeness (QED) is 0.185. The van der Waals surface area contributed by atoms with Gasteiger partial charge in [-0.3, -0.25) is 19.3 Å². The minimum absolute atomic E-state index is 0.143. The van der Waals surface area contributed by atoms with E-state index in [0.29, 0.717) is 27.0 Å². The van der Waals surface area contributed by atoms with Gasteiger partial charge in [0.1, 0.15) is 12.3 Å². The Kier molecular flexibility index (Phi) is 9.05. The highest BCUT2D eigenvalue weighted by Gasteiger charge is 2.36. The molecule has 0 atom stereocenters. The molecule has 3 aromatic carbocycles. The minimum Gasteiger partial charge on any atom is -0.497 e. The van der Waals surface area contributed by atoms with Crippen LogP contribution in [0.15, 0.2) is 76.1 Å². The predicted molar refractivity (Wildman–Crippen MR) is 151 cm³/mol. The van der Waals surface area contributed by atoms with Crippen molar-refractivity contribution in [2.24, 2.45) is 0 Å². The van der Waals surface area contributed by atoms with Crippen molar-refractivity contribution in [2.75, 3.05) is 25.6 Å². The van der Waals surface area contributed by atoms with Gasteiger partial charge in [-0.1, -0.05) is 18.2 Å². The molecule has 200 valence electrons. The molecule has 0 saturated carbocycles. The lowest BCUT2D eigenvalue weighted by Gasteiger charge is -2.14. The second kappa shape index (κ2) is 12.6. The fraction of sp³-hybridized carbons (Fsp3) is 0.143. The third-order valence-electron chi connectivity index (χ3n) is 5.38. The van der Waals surface area contributed by atoms with Crippen LogP contribution in [0.25, 0.3) is 6.08 Å². The minimum atomic E-state index is -0.595. The number of esters is 1. The lowest BCUT2D eigenvalue weighted by atomic mass is 10.1.